The third kappa shape index (κ3) is 4.47. The Hall–Kier alpha value is -1.71. The summed E-state index contributed by atoms with van der Waals surface area (Å²) in [4.78, 5) is 19.9. The van der Waals surface area contributed by atoms with Crippen molar-refractivity contribution in [2.45, 2.75) is 19.8 Å². The topological polar surface area (TPSA) is 92.5 Å². The first-order valence-electron chi connectivity index (χ1n) is 8.08. The molecule has 1 unspecified atom stereocenters. The number of nitrogens with zero attached hydrogens (tertiary/aromatic N) is 2. The van der Waals surface area contributed by atoms with Gasteiger partial charge in [0.1, 0.15) is 5.69 Å². The van der Waals surface area contributed by atoms with Crippen molar-refractivity contribution in [1.82, 2.24) is 14.6 Å². The minimum Gasteiger partial charge on any atom is -0.462 e. The zero-order chi connectivity index (χ0) is 18.0. The molecule has 7 nitrogen and oxygen atoms in total. The second-order valence-electron chi connectivity index (χ2n) is 6.28. The van der Waals surface area contributed by atoms with Gasteiger partial charge in [-0.15, -0.1) is 11.3 Å². The zero-order valence-electron chi connectivity index (χ0n) is 14.2. The van der Waals surface area contributed by atoms with Crippen LogP contribution in [0.15, 0.2) is 22.8 Å². The van der Waals surface area contributed by atoms with Crippen molar-refractivity contribution >= 4 is 27.3 Å². The molecule has 9 heteroatoms. The molecular weight excluding hydrogens is 362 g/mol. The smallest absolute Gasteiger partial charge is 0.273 e. The first kappa shape index (κ1) is 18.1. The van der Waals surface area contributed by atoms with Crippen molar-refractivity contribution in [3.63, 3.8) is 0 Å². The second kappa shape index (κ2) is 7.27. The van der Waals surface area contributed by atoms with E-state index in [1.807, 2.05) is 13.0 Å². The van der Waals surface area contributed by atoms with Crippen LogP contribution in [0.2, 0.25) is 0 Å². The lowest BCUT2D eigenvalue weighted by molar-refractivity contribution is 0.0670. The predicted molar refractivity (Wildman–Crippen MR) is 96.0 cm³/mol. The lowest BCUT2D eigenvalue weighted by Gasteiger charge is -2.32. The van der Waals surface area contributed by atoms with Gasteiger partial charge in [-0.25, -0.2) is 18.1 Å². The van der Waals surface area contributed by atoms with Crippen molar-refractivity contribution in [2.75, 3.05) is 25.9 Å². The molecule has 1 N–H and O–H groups in total. The highest BCUT2D eigenvalue weighted by Crippen LogP contribution is 2.29. The molecule has 1 fully saturated rings. The number of piperidine rings is 1. The summed E-state index contributed by atoms with van der Waals surface area (Å²) in [6.45, 7) is 3.44. The molecule has 0 radical (unpaired) electrons. The maximum Gasteiger partial charge on any atom is 0.273 e. The summed E-state index contributed by atoms with van der Waals surface area (Å²) in [5, 5.41) is 0.693. The number of nitrogens with one attached hydrogen (secondary N) is 1. The van der Waals surface area contributed by atoms with E-state index in [0.717, 1.165) is 24.0 Å². The van der Waals surface area contributed by atoms with E-state index in [9.17, 15) is 13.2 Å². The van der Waals surface area contributed by atoms with Gasteiger partial charge in [-0.2, -0.15) is 0 Å². The molecule has 2 aromatic heterocycles. The fraction of sp³-hybridized carbons (Fsp3) is 0.500. The SMILES string of the molecule is Cc1sc(-c2ccco2)nc1C(=O)N1CCCC(CNS(C)(=O)=O)C1. The number of hydrogen-bond acceptors (Lipinski definition) is 6. The average molecular weight is 383 g/mol. The van der Waals surface area contributed by atoms with E-state index in [0.29, 0.717) is 36.1 Å². The lowest BCUT2D eigenvalue weighted by atomic mass is 9.98. The molecule has 0 spiro atoms. The zero-order valence-corrected chi connectivity index (χ0v) is 15.8. The molecule has 0 bridgehead atoms. The lowest BCUT2D eigenvalue weighted by Crippen LogP contribution is -2.43. The van der Waals surface area contributed by atoms with Crippen LogP contribution in [-0.4, -0.2) is 50.1 Å². The van der Waals surface area contributed by atoms with Crippen LogP contribution >= 0.6 is 11.3 Å². The largest absolute Gasteiger partial charge is 0.462 e. The van der Waals surface area contributed by atoms with Gasteiger partial charge in [0.15, 0.2) is 10.8 Å². The molecule has 1 atom stereocenters. The van der Waals surface area contributed by atoms with Crippen LogP contribution in [0.4, 0.5) is 0 Å². The molecule has 1 saturated heterocycles. The third-order valence-electron chi connectivity index (χ3n) is 4.17. The van der Waals surface area contributed by atoms with Gasteiger partial charge in [0, 0.05) is 24.5 Å². The Morgan fingerprint density at radius 2 is 2.32 bits per heavy atom. The fourth-order valence-electron chi connectivity index (χ4n) is 2.94. The molecule has 3 heterocycles. The maximum atomic E-state index is 12.9. The Morgan fingerprint density at radius 3 is 3.00 bits per heavy atom. The van der Waals surface area contributed by atoms with Crippen LogP contribution < -0.4 is 4.72 Å². The number of rotatable bonds is 5. The number of thiazole rings is 1. The minimum atomic E-state index is -3.22. The van der Waals surface area contributed by atoms with Crippen molar-refractivity contribution < 1.29 is 17.6 Å². The molecule has 1 aliphatic heterocycles. The molecule has 0 saturated carbocycles. The van der Waals surface area contributed by atoms with Crippen LogP contribution in [-0.2, 0) is 10.0 Å². The third-order valence-corrected chi connectivity index (χ3v) is 5.85. The summed E-state index contributed by atoms with van der Waals surface area (Å²) in [7, 11) is -3.22. The molecular formula is C16H21N3O4S2. The van der Waals surface area contributed by atoms with E-state index < -0.39 is 10.0 Å². The Kier molecular flexibility index (Phi) is 5.26. The van der Waals surface area contributed by atoms with Gasteiger partial charge in [-0.1, -0.05) is 0 Å². The van der Waals surface area contributed by atoms with Crippen molar-refractivity contribution in [3.8, 4) is 10.8 Å². The van der Waals surface area contributed by atoms with Crippen LogP contribution in [0.1, 0.15) is 28.2 Å². The van der Waals surface area contributed by atoms with Gasteiger partial charge < -0.3 is 9.32 Å². The van der Waals surface area contributed by atoms with Gasteiger partial charge in [0.2, 0.25) is 10.0 Å². The predicted octanol–water partition coefficient (Wildman–Crippen LogP) is 2.11. The van der Waals surface area contributed by atoms with Crippen LogP contribution in [0.3, 0.4) is 0 Å². The van der Waals surface area contributed by atoms with E-state index in [1.54, 1.807) is 17.2 Å². The van der Waals surface area contributed by atoms with Crippen molar-refractivity contribution in [3.05, 3.63) is 29.0 Å². The minimum absolute atomic E-state index is 0.101. The summed E-state index contributed by atoms with van der Waals surface area (Å²) in [5.74, 6) is 0.674. The standard InChI is InChI=1S/C16H21N3O4S2/c1-11-14(18-15(24-11)13-6-4-8-23-13)16(20)19-7-3-5-12(10-19)9-17-25(2,21)22/h4,6,8,12,17H,3,5,7,9-10H2,1-2H3. The van der Waals surface area contributed by atoms with E-state index in [2.05, 4.69) is 9.71 Å². The second-order valence-corrected chi connectivity index (χ2v) is 9.32. The molecule has 0 aromatic carbocycles. The van der Waals surface area contributed by atoms with Crippen molar-refractivity contribution in [2.24, 2.45) is 5.92 Å². The molecule has 0 aliphatic carbocycles. The molecule has 25 heavy (non-hydrogen) atoms. The van der Waals surface area contributed by atoms with Crippen LogP contribution in [0.5, 0.6) is 0 Å². The van der Waals surface area contributed by atoms with E-state index in [-0.39, 0.29) is 11.8 Å². The fourth-order valence-corrected chi connectivity index (χ4v) is 4.35. The number of carbonyl (C=O) groups excluding carboxylic acids is 1. The Labute approximate surface area is 151 Å². The van der Waals surface area contributed by atoms with Crippen LogP contribution in [0, 0.1) is 12.8 Å². The Morgan fingerprint density at radius 1 is 1.52 bits per heavy atom. The summed E-state index contributed by atoms with van der Waals surface area (Å²) in [6.07, 6.45) is 4.49. The first-order valence-corrected chi connectivity index (χ1v) is 10.8. The monoisotopic (exact) mass is 383 g/mol. The highest BCUT2D eigenvalue weighted by atomic mass is 32.2. The highest BCUT2D eigenvalue weighted by molar-refractivity contribution is 7.88. The quantitative estimate of drug-likeness (QED) is 0.854. The van der Waals surface area contributed by atoms with Crippen LogP contribution in [0.25, 0.3) is 10.8 Å². The van der Waals surface area contributed by atoms with E-state index in [4.69, 9.17) is 4.42 Å². The Balaban J connectivity index is 1.70. The van der Waals surface area contributed by atoms with Gasteiger partial charge >= 0.3 is 0 Å². The number of likely N-dealkylation sites (tertiary alicyclic amines) is 1. The number of aromatic nitrogens is 1. The molecule has 136 valence electrons. The summed E-state index contributed by atoms with van der Waals surface area (Å²) in [5.41, 5.74) is 0.452. The van der Waals surface area contributed by atoms with Gasteiger partial charge in [-0.3, -0.25) is 4.79 Å². The number of amides is 1. The number of sulfonamides is 1. The molecule has 2 aromatic rings. The summed E-state index contributed by atoms with van der Waals surface area (Å²) < 4.78 is 30.4. The number of hydrogen-bond donors (Lipinski definition) is 1. The normalized spacial score (nSPS) is 18.5. The first-order chi connectivity index (χ1) is 11.8. The molecule has 3 rings (SSSR count). The Bertz CT molecular complexity index is 843. The van der Waals surface area contributed by atoms with E-state index in [1.165, 1.54) is 11.3 Å². The number of furan rings is 1. The van der Waals surface area contributed by atoms with E-state index >= 15 is 0 Å². The van der Waals surface area contributed by atoms with Gasteiger partial charge in [-0.05, 0) is 37.8 Å². The molecule has 1 amide bonds. The molecule has 1 aliphatic rings. The summed E-state index contributed by atoms with van der Waals surface area (Å²) >= 11 is 1.43. The van der Waals surface area contributed by atoms with Gasteiger partial charge in [0.05, 0.1) is 12.5 Å². The van der Waals surface area contributed by atoms with Crippen molar-refractivity contribution in [1.29, 1.82) is 0 Å². The highest BCUT2D eigenvalue weighted by Gasteiger charge is 2.28. The summed E-state index contributed by atoms with van der Waals surface area (Å²) in [6, 6.07) is 3.61. The van der Waals surface area contributed by atoms with Gasteiger partial charge in [0.25, 0.3) is 5.91 Å². The number of aryl methyl sites for hydroxylation is 1. The maximum absolute atomic E-state index is 12.9. The number of carbonyl (C=O) groups is 1. The average Bonchev–Trinajstić information content (AvgIpc) is 3.21.